The first-order chi connectivity index (χ1) is 9.16. The fraction of sp³-hybridized carbons (Fsp3) is 0.385. The van der Waals surface area contributed by atoms with Crippen LogP contribution in [-0.4, -0.2) is 42.9 Å². The summed E-state index contributed by atoms with van der Waals surface area (Å²) in [7, 11) is 0. The Balaban J connectivity index is 1.83. The van der Waals surface area contributed by atoms with Crippen molar-refractivity contribution in [1.82, 2.24) is 15.5 Å². The van der Waals surface area contributed by atoms with Crippen molar-refractivity contribution in [2.24, 2.45) is 0 Å². The average molecular weight is 282 g/mol. The minimum atomic E-state index is -0.558. The summed E-state index contributed by atoms with van der Waals surface area (Å²) in [6.07, 6.45) is 0. The topological polar surface area (TPSA) is 61.4 Å². The predicted molar refractivity (Wildman–Crippen MR) is 72.7 cm³/mol. The van der Waals surface area contributed by atoms with Crippen LogP contribution in [0.2, 0.25) is 5.02 Å². The summed E-state index contributed by atoms with van der Waals surface area (Å²) in [5.74, 6) is -1.02. The van der Waals surface area contributed by atoms with E-state index in [1.165, 1.54) is 0 Å². The van der Waals surface area contributed by atoms with Gasteiger partial charge >= 0.3 is 11.8 Å². The molecule has 0 aromatic heterocycles. The van der Waals surface area contributed by atoms with E-state index in [2.05, 4.69) is 10.6 Å². The molecular formula is C13H16ClN3O2. The molecule has 5 nitrogen and oxygen atoms in total. The van der Waals surface area contributed by atoms with Gasteiger partial charge in [-0.3, -0.25) is 9.59 Å². The van der Waals surface area contributed by atoms with Crippen LogP contribution >= 0.6 is 11.6 Å². The number of carbonyl (C=O) groups is 2. The van der Waals surface area contributed by atoms with Crippen molar-refractivity contribution in [3.8, 4) is 0 Å². The van der Waals surface area contributed by atoms with Gasteiger partial charge in [-0.25, -0.2) is 0 Å². The lowest BCUT2D eigenvalue weighted by Crippen LogP contribution is -2.51. The minimum absolute atomic E-state index is 0.327. The molecular weight excluding hydrogens is 266 g/mol. The van der Waals surface area contributed by atoms with E-state index < -0.39 is 11.8 Å². The Morgan fingerprint density at radius 1 is 1.21 bits per heavy atom. The highest BCUT2D eigenvalue weighted by Gasteiger charge is 2.22. The van der Waals surface area contributed by atoms with Gasteiger partial charge in [0.25, 0.3) is 0 Å². The fourth-order valence-corrected chi connectivity index (χ4v) is 2.00. The van der Waals surface area contributed by atoms with Gasteiger partial charge in [0.2, 0.25) is 0 Å². The van der Waals surface area contributed by atoms with E-state index in [9.17, 15) is 9.59 Å². The van der Waals surface area contributed by atoms with E-state index in [0.717, 1.165) is 18.7 Å². The molecule has 1 aliphatic rings. The van der Waals surface area contributed by atoms with E-state index >= 15 is 0 Å². The van der Waals surface area contributed by atoms with Crippen molar-refractivity contribution < 1.29 is 9.59 Å². The summed E-state index contributed by atoms with van der Waals surface area (Å²) >= 11 is 5.77. The number of nitrogens with zero attached hydrogens (tertiary/aromatic N) is 1. The fourth-order valence-electron chi connectivity index (χ4n) is 1.87. The molecule has 0 unspecified atom stereocenters. The molecule has 0 atom stereocenters. The van der Waals surface area contributed by atoms with E-state index in [-0.39, 0.29) is 0 Å². The van der Waals surface area contributed by atoms with Crippen molar-refractivity contribution in [3.05, 3.63) is 34.9 Å². The lowest BCUT2D eigenvalue weighted by molar-refractivity contribution is -0.146. The molecule has 2 N–H and O–H groups in total. The third-order valence-corrected chi connectivity index (χ3v) is 3.22. The van der Waals surface area contributed by atoms with Gasteiger partial charge in [-0.15, -0.1) is 0 Å². The summed E-state index contributed by atoms with van der Waals surface area (Å²) in [5.41, 5.74) is 0.908. The van der Waals surface area contributed by atoms with E-state index in [1.54, 1.807) is 17.0 Å². The number of benzene rings is 1. The number of halogens is 1. The maximum atomic E-state index is 11.8. The Morgan fingerprint density at radius 2 is 1.84 bits per heavy atom. The Bertz CT molecular complexity index is 455. The zero-order valence-electron chi connectivity index (χ0n) is 10.5. The Morgan fingerprint density at radius 3 is 2.47 bits per heavy atom. The molecule has 1 aromatic rings. The largest absolute Gasteiger partial charge is 0.344 e. The van der Waals surface area contributed by atoms with Crippen LogP contribution in [0.1, 0.15) is 5.56 Å². The first-order valence-corrected chi connectivity index (χ1v) is 6.57. The molecule has 0 aliphatic carbocycles. The first-order valence-electron chi connectivity index (χ1n) is 6.19. The molecule has 1 fully saturated rings. The molecule has 0 spiro atoms. The second kappa shape index (κ2) is 6.54. The molecule has 2 rings (SSSR count). The number of rotatable bonds is 2. The molecule has 0 radical (unpaired) electrons. The summed E-state index contributed by atoms with van der Waals surface area (Å²) in [6, 6.07) is 7.14. The van der Waals surface area contributed by atoms with Crippen LogP contribution in [0.25, 0.3) is 0 Å². The minimum Gasteiger partial charge on any atom is -0.344 e. The number of piperazine rings is 1. The highest BCUT2D eigenvalue weighted by atomic mass is 35.5. The molecule has 0 bridgehead atoms. The third-order valence-electron chi connectivity index (χ3n) is 2.96. The number of amides is 2. The van der Waals surface area contributed by atoms with Gasteiger partial charge in [0, 0.05) is 37.7 Å². The van der Waals surface area contributed by atoms with E-state index in [4.69, 9.17) is 11.6 Å². The molecule has 1 aromatic carbocycles. The van der Waals surface area contributed by atoms with Crippen LogP contribution in [0, 0.1) is 0 Å². The predicted octanol–water partition coefficient (Wildman–Crippen LogP) is 0.388. The van der Waals surface area contributed by atoms with Crippen molar-refractivity contribution in [2.45, 2.75) is 6.54 Å². The van der Waals surface area contributed by atoms with E-state index in [1.807, 2.05) is 12.1 Å². The lowest BCUT2D eigenvalue weighted by Gasteiger charge is -2.26. The zero-order valence-corrected chi connectivity index (χ0v) is 11.2. The molecule has 102 valence electrons. The zero-order chi connectivity index (χ0) is 13.7. The van der Waals surface area contributed by atoms with Gasteiger partial charge < -0.3 is 15.5 Å². The smallest absolute Gasteiger partial charge is 0.311 e. The number of nitrogens with one attached hydrogen (secondary N) is 2. The van der Waals surface area contributed by atoms with Gasteiger partial charge in [0.1, 0.15) is 0 Å². The lowest BCUT2D eigenvalue weighted by atomic mass is 10.2. The highest BCUT2D eigenvalue weighted by molar-refractivity contribution is 6.35. The van der Waals surface area contributed by atoms with Crippen molar-refractivity contribution in [2.75, 3.05) is 26.2 Å². The van der Waals surface area contributed by atoms with E-state index in [0.29, 0.717) is 24.7 Å². The van der Waals surface area contributed by atoms with Crippen LogP contribution in [0.3, 0.4) is 0 Å². The summed E-state index contributed by atoms with van der Waals surface area (Å²) < 4.78 is 0. The van der Waals surface area contributed by atoms with Gasteiger partial charge in [-0.2, -0.15) is 0 Å². The molecule has 0 saturated carbocycles. The van der Waals surface area contributed by atoms with Crippen LogP contribution in [-0.2, 0) is 16.1 Å². The number of carbonyl (C=O) groups excluding carboxylic acids is 2. The van der Waals surface area contributed by atoms with Gasteiger partial charge in [0.05, 0.1) is 0 Å². The highest BCUT2D eigenvalue weighted by Crippen LogP contribution is 2.09. The van der Waals surface area contributed by atoms with Crippen LogP contribution in [0.4, 0.5) is 0 Å². The molecule has 2 amide bonds. The Labute approximate surface area is 116 Å². The quantitative estimate of drug-likeness (QED) is 0.771. The first kappa shape index (κ1) is 13.8. The molecule has 6 heteroatoms. The van der Waals surface area contributed by atoms with Crippen molar-refractivity contribution in [1.29, 1.82) is 0 Å². The Kier molecular flexibility index (Phi) is 4.76. The van der Waals surface area contributed by atoms with Crippen molar-refractivity contribution in [3.63, 3.8) is 0 Å². The maximum Gasteiger partial charge on any atom is 0.311 e. The van der Waals surface area contributed by atoms with Gasteiger partial charge in [0.15, 0.2) is 0 Å². The SMILES string of the molecule is O=C(NCc1ccc(Cl)cc1)C(=O)N1CCNCC1. The van der Waals surface area contributed by atoms with Gasteiger partial charge in [-0.1, -0.05) is 23.7 Å². The molecule has 1 aliphatic heterocycles. The Hall–Kier alpha value is -1.59. The third kappa shape index (κ3) is 3.94. The second-order valence-electron chi connectivity index (χ2n) is 4.35. The molecule has 1 heterocycles. The standard InChI is InChI=1S/C13H16ClN3O2/c14-11-3-1-10(2-4-11)9-16-12(18)13(19)17-7-5-15-6-8-17/h1-4,15H,5-9H2,(H,16,18). The van der Waals surface area contributed by atoms with Crippen LogP contribution < -0.4 is 10.6 Å². The monoisotopic (exact) mass is 281 g/mol. The van der Waals surface area contributed by atoms with Gasteiger partial charge in [-0.05, 0) is 17.7 Å². The molecule has 1 saturated heterocycles. The normalized spacial score (nSPS) is 15.1. The molecule has 19 heavy (non-hydrogen) atoms. The summed E-state index contributed by atoms with van der Waals surface area (Å²) in [6.45, 7) is 2.95. The average Bonchev–Trinajstić information content (AvgIpc) is 2.46. The number of hydrogen-bond donors (Lipinski definition) is 2. The maximum absolute atomic E-state index is 11.8. The van der Waals surface area contributed by atoms with Crippen molar-refractivity contribution >= 4 is 23.4 Å². The number of hydrogen-bond acceptors (Lipinski definition) is 3. The van der Waals surface area contributed by atoms with Crippen LogP contribution in [0.15, 0.2) is 24.3 Å². The summed E-state index contributed by atoms with van der Waals surface area (Å²) in [4.78, 5) is 25.1. The van der Waals surface area contributed by atoms with Crippen LogP contribution in [0.5, 0.6) is 0 Å². The second-order valence-corrected chi connectivity index (χ2v) is 4.79. The summed E-state index contributed by atoms with van der Waals surface area (Å²) in [5, 5.41) is 6.40.